The van der Waals surface area contributed by atoms with Crippen LogP contribution in [0.4, 0.5) is 5.00 Å². The van der Waals surface area contributed by atoms with Crippen molar-refractivity contribution in [2.45, 2.75) is 33.7 Å². The molecule has 0 aliphatic carbocycles. The fourth-order valence-electron chi connectivity index (χ4n) is 2.84. The zero-order chi connectivity index (χ0) is 23.1. The fraction of sp³-hybridized carbons (Fsp3) is 0.409. The van der Waals surface area contributed by atoms with E-state index in [2.05, 4.69) is 10.6 Å². The van der Waals surface area contributed by atoms with Crippen LogP contribution >= 0.6 is 11.3 Å². The van der Waals surface area contributed by atoms with Gasteiger partial charge in [-0.05, 0) is 43.5 Å². The Balaban J connectivity index is 2.17. The van der Waals surface area contributed by atoms with E-state index in [0.717, 1.165) is 11.3 Å². The lowest BCUT2D eigenvalue weighted by molar-refractivity contribution is -0.118. The Bertz CT molecular complexity index is 931. The Kier molecular flexibility index (Phi) is 8.44. The van der Waals surface area contributed by atoms with Crippen LogP contribution in [0.2, 0.25) is 0 Å². The number of aryl methyl sites for hydroxylation is 1. The molecule has 1 atom stereocenters. The van der Waals surface area contributed by atoms with Crippen LogP contribution in [-0.4, -0.2) is 44.7 Å². The SMILES string of the molecule is CCOC(=O)c1sc(NC(=O)C(NC(=O)c2cc(OC)cc(OC)c2)C(C)C)cc1C. The van der Waals surface area contributed by atoms with Crippen molar-refractivity contribution in [3.63, 3.8) is 0 Å². The molecule has 2 aromatic rings. The highest BCUT2D eigenvalue weighted by atomic mass is 32.1. The van der Waals surface area contributed by atoms with E-state index in [1.807, 2.05) is 13.8 Å². The monoisotopic (exact) mass is 448 g/mol. The number of hydrogen-bond donors (Lipinski definition) is 2. The first-order valence-corrected chi connectivity index (χ1v) is 10.6. The van der Waals surface area contributed by atoms with Gasteiger partial charge in [0.15, 0.2) is 0 Å². The number of thiophene rings is 1. The van der Waals surface area contributed by atoms with Crippen LogP contribution in [0.15, 0.2) is 24.3 Å². The third-order valence-corrected chi connectivity index (χ3v) is 5.61. The van der Waals surface area contributed by atoms with Crippen molar-refractivity contribution >= 4 is 34.1 Å². The molecule has 8 nitrogen and oxygen atoms in total. The van der Waals surface area contributed by atoms with Gasteiger partial charge in [0.05, 0.1) is 25.8 Å². The quantitative estimate of drug-likeness (QED) is 0.568. The second-order valence-electron chi connectivity index (χ2n) is 7.13. The number of amides is 2. The van der Waals surface area contributed by atoms with Gasteiger partial charge in [-0.2, -0.15) is 0 Å². The Morgan fingerprint density at radius 3 is 2.16 bits per heavy atom. The van der Waals surface area contributed by atoms with Crippen LogP contribution in [0.5, 0.6) is 11.5 Å². The Morgan fingerprint density at radius 2 is 1.65 bits per heavy atom. The van der Waals surface area contributed by atoms with E-state index in [0.29, 0.717) is 32.5 Å². The number of carbonyl (C=O) groups excluding carboxylic acids is 3. The third kappa shape index (κ3) is 6.21. The number of methoxy groups -OCH3 is 2. The minimum Gasteiger partial charge on any atom is -0.497 e. The molecule has 1 aromatic carbocycles. The molecule has 1 unspecified atom stereocenters. The Morgan fingerprint density at radius 1 is 1.03 bits per heavy atom. The first kappa shape index (κ1) is 24.2. The average Bonchev–Trinajstić information content (AvgIpc) is 3.11. The van der Waals surface area contributed by atoms with Gasteiger partial charge >= 0.3 is 5.97 Å². The molecule has 2 N–H and O–H groups in total. The zero-order valence-corrected chi connectivity index (χ0v) is 19.3. The highest BCUT2D eigenvalue weighted by Crippen LogP contribution is 2.28. The summed E-state index contributed by atoms with van der Waals surface area (Å²) in [6, 6.07) is 5.71. The molecule has 1 heterocycles. The lowest BCUT2D eigenvalue weighted by Gasteiger charge is -2.21. The molecule has 0 saturated heterocycles. The molecule has 31 heavy (non-hydrogen) atoms. The van der Waals surface area contributed by atoms with E-state index in [1.54, 1.807) is 38.1 Å². The molecule has 9 heteroatoms. The van der Waals surface area contributed by atoms with Crippen LogP contribution in [0.25, 0.3) is 0 Å². The topological polar surface area (TPSA) is 103 Å². The highest BCUT2D eigenvalue weighted by molar-refractivity contribution is 7.18. The molecule has 0 saturated carbocycles. The summed E-state index contributed by atoms with van der Waals surface area (Å²) in [5, 5.41) is 6.07. The largest absolute Gasteiger partial charge is 0.497 e. The van der Waals surface area contributed by atoms with Gasteiger partial charge in [0.25, 0.3) is 5.91 Å². The van der Waals surface area contributed by atoms with Gasteiger partial charge in [-0.3, -0.25) is 9.59 Å². The van der Waals surface area contributed by atoms with Crippen molar-refractivity contribution in [1.29, 1.82) is 0 Å². The van der Waals surface area contributed by atoms with Crippen LogP contribution in [0, 0.1) is 12.8 Å². The Hall–Kier alpha value is -3.07. The summed E-state index contributed by atoms with van der Waals surface area (Å²) >= 11 is 1.14. The summed E-state index contributed by atoms with van der Waals surface area (Å²) < 4.78 is 15.4. The number of anilines is 1. The summed E-state index contributed by atoms with van der Waals surface area (Å²) in [6.45, 7) is 7.45. The Labute approximate surface area is 185 Å². The molecule has 0 fully saturated rings. The molecule has 2 rings (SSSR count). The average molecular weight is 449 g/mol. The van der Waals surface area contributed by atoms with E-state index in [4.69, 9.17) is 14.2 Å². The maximum absolute atomic E-state index is 12.9. The molecule has 1 aromatic heterocycles. The van der Waals surface area contributed by atoms with Crippen molar-refractivity contribution in [1.82, 2.24) is 5.32 Å². The van der Waals surface area contributed by atoms with Gasteiger partial charge in [-0.25, -0.2) is 4.79 Å². The van der Waals surface area contributed by atoms with Gasteiger partial charge in [0.2, 0.25) is 5.91 Å². The van der Waals surface area contributed by atoms with Crippen molar-refractivity contribution in [3.05, 3.63) is 40.3 Å². The smallest absolute Gasteiger partial charge is 0.348 e. The van der Waals surface area contributed by atoms with Crippen molar-refractivity contribution in [3.8, 4) is 11.5 Å². The molecular weight excluding hydrogens is 420 g/mol. The number of benzene rings is 1. The third-order valence-electron chi connectivity index (χ3n) is 4.47. The number of ether oxygens (including phenoxy) is 3. The van der Waals surface area contributed by atoms with Crippen molar-refractivity contribution in [2.24, 2.45) is 5.92 Å². The van der Waals surface area contributed by atoms with E-state index < -0.39 is 17.9 Å². The molecule has 2 amide bonds. The molecule has 0 aliphatic heterocycles. The summed E-state index contributed by atoms with van der Waals surface area (Å²) in [4.78, 5) is 38.2. The first-order chi connectivity index (χ1) is 14.7. The van der Waals surface area contributed by atoms with Crippen molar-refractivity contribution in [2.75, 3.05) is 26.1 Å². The summed E-state index contributed by atoms with van der Waals surface area (Å²) in [5.41, 5.74) is 1.03. The molecule has 0 spiro atoms. The number of carbonyl (C=O) groups is 3. The van der Waals surface area contributed by atoms with E-state index in [-0.39, 0.29) is 18.4 Å². The van der Waals surface area contributed by atoms with Crippen LogP contribution in [0.3, 0.4) is 0 Å². The second kappa shape index (κ2) is 10.8. The van der Waals surface area contributed by atoms with E-state index in [1.165, 1.54) is 14.2 Å². The minimum absolute atomic E-state index is 0.179. The van der Waals surface area contributed by atoms with Crippen LogP contribution in [0.1, 0.15) is 46.4 Å². The lowest BCUT2D eigenvalue weighted by atomic mass is 10.0. The van der Waals surface area contributed by atoms with Gasteiger partial charge in [0.1, 0.15) is 22.4 Å². The van der Waals surface area contributed by atoms with Crippen LogP contribution in [-0.2, 0) is 9.53 Å². The number of nitrogens with one attached hydrogen (secondary N) is 2. The summed E-state index contributed by atoms with van der Waals surface area (Å²) in [6.07, 6.45) is 0. The van der Waals surface area contributed by atoms with Gasteiger partial charge < -0.3 is 24.8 Å². The predicted molar refractivity (Wildman–Crippen MR) is 119 cm³/mol. The first-order valence-electron chi connectivity index (χ1n) is 9.82. The maximum atomic E-state index is 12.9. The number of hydrogen-bond acceptors (Lipinski definition) is 7. The molecular formula is C22H28N2O6S. The standard InChI is InChI=1S/C22H28N2O6S/c1-7-30-22(27)19-13(4)8-17(31-19)23-21(26)18(12(2)3)24-20(25)14-9-15(28-5)11-16(10-14)29-6/h8-12,18H,7H2,1-6H3,(H,23,26)(H,24,25). The molecule has 0 aliphatic rings. The minimum atomic E-state index is -0.793. The summed E-state index contributed by atoms with van der Waals surface area (Å²) in [5.74, 6) is -0.477. The number of esters is 1. The second-order valence-corrected chi connectivity index (χ2v) is 8.18. The van der Waals surface area contributed by atoms with Crippen molar-refractivity contribution < 1.29 is 28.6 Å². The van der Waals surface area contributed by atoms with E-state index >= 15 is 0 Å². The predicted octanol–water partition coefficient (Wildman–Crippen LogP) is 3.64. The van der Waals surface area contributed by atoms with Gasteiger partial charge in [-0.15, -0.1) is 11.3 Å². The normalized spacial score (nSPS) is 11.6. The summed E-state index contributed by atoms with van der Waals surface area (Å²) in [7, 11) is 2.99. The van der Waals surface area contributed by atoms with E-state index in [9.17, 15) is 14.4 Å². The molecule has 0 bridgehead atoms. The molecule has 168 valence electrons. The van der Waals surface area contributed by atoms with Crippen LogP contribution < -0.4 is 20.1 Å². The van der Waals surface area contributed by atoms with Gasteiger partial charge in [-0.1, -0.05) is 13.8 Å². The lowest BCUT2D eigenvalue weighted by Crippen LogP contribution is -2.47. The highest BCUT2D eigenvalue weighted by Gasteiger charge is 2.26. The maximum Gasteiger partial charge on any atom is 0.348 e. The molecule has 0 radical (unpaired) electrons. The zero-order valence-electron chi connectivity index (χ0n) is 18.5. The number of rotatable bonds is 9. The van der Waals surface area contributed by atoms with Gasteiger partial charge in [0, 0.05) is 11.6 Å². The fourth-order valence-corrected chi connectivity index (χ4v) is 3.81.